The van der Waals surface area contributed by atoms with Gasteiger partial charge in [0, 0.05) is 0 Å². The van der Waals surface area contributed by atoms with Crippen LogP contribution >= 0.6 is 11.6 Å². The van der Waals surface area contributed by atoms with Gasteiger partial charge >= 0.3 is 5.97 Å². The van der Waals surface area contributed by atoms with E-state index in [1.807, 2.05) is 0 Å². The quantitative estimate of drug-likeness (QED) is 0.616. The molecule has 1 rings (SSSR count). The number of rotatable bonds is 5. The molecule has 0 saturated carbocycles. The smallest absolute Gasteiger partial charge is 0.324 e. The van der Waals surface area contributed by atoms with E-state index in [2.05, 4.69) is 33.9 Å². The monoisotopic (exact) mass is 338 g/mol. The van der Waals surface area contributed by atoms with E-state index in [1.165, 1.54) is 0 Å². The van der Waals surface area contributed by atoms with Crippen molar-refractivity contribution in [2.24, 2.45) is 0 Å². The summed E-state index contributed by atoms with van der Waals surface area (Å²) >= 11 is 6.07. The molecule has 1 saturated heterocycles. The van der Waals surface area contributed by atoms with Gasteiger partial charge in [0.05, 0.1) is 6.61 Å². The van der Waals surface area contributed by atoms with E-state index in [-0.39, 0.29) is 11.6 Å². The first kappa shape index (κ1) is 18.9. The van der Waals surface area contributed by atoms with E-state index in [1.54, 1.807) is 13.8 Å². The van der Waals surface area contributed by atoms with Crippen molar-refractivity contribution in [3.05, 3.63) is 0 Å². The molecule has 0 unspecified atom stereocenters. The predicted octanol–water partition coefficient (Wildman–Crippen LogP) is 3.22. The number of carboxylic acid groups (broad SMARTS) is 1. The van der Waals surface area contributed by atoms with Crippen molar-refractivity contribution in [1.29, 1.82) is 0 Å². The molecule has 124 valence electrons. The van der Waals surface area contributed by atoms with Gasteiger partial charge in [-0.3, -0.25) is 4.79 Å². The molecule has 21 heavy (non-hydrogen) atoms. The van der Waals surface area contributed by atoms with Gasteiger partial charge in [-0.2, -0.15) is 0 Å². The summed E-state index contributed by atoms with van der Waals surface area (Å²) in [5.74, 6) is -1.84. The second kappa shape index (κ2) is 6.16. The number of hydrogen-bond acceptors (Lipinski definition) is 4. The van der Waals surface area contributed by atoms with Crippen molar-refractivity contribution in [3.63, 3.8) is 0 Å². The molecule has 0 radical (unpaired) electrons. The van der Waals surface area contributed by atoms with Crippen LogP contribution in [0, 0.1) is 0 Å². The number of carbonyl (C=O) groups is 1. The highest BCUT2D eigenvalue weighted by atomic mass is 35.5. The topological polar surface area (TPSA) is 65.0 Å². The number of alkyl halides is 1. The first-order valence-electron chi connectivity index (χ1n) is 7.13. The highest BCUT2D eigenvalue weighted by Gasteiger charge is 2.48. The van der Waals surface area contributed by atoms with Gasteiger partial charge in [-0.1, -0.05) is 20.8 Å². The maximum atomic E-state index is 11.3. The molecule has 0 aliphatic carbocycles. The van der Waals surface area contributed by atoms with Gasteiger partial charge in [-0.25, -0.2) is 0 Å². The molecule has 5 nitrogen and oxygen atoms in total. The number of aliphatic carboxylic acids is 1. The van der Waals surface area contributed by atoms with Gasteiger partial charge in [-0.15, -0.1) is 11.6 Å². The molecule has 0 amide bonds. The van der Waals surface area contributed by atoms with Crippen LogP contribution in [0.3, 0.4) is 0 Å². The number of carboxylic acids is 1. The third kappa shape index (κ3) is 4.66. The Morgan fingerprint density at radius 1 is 1.43 bits per heavy atom. The van der Waals surface area contributed by atoms with Crippen LogP contribution < -0.4 is 0 Å². The summed E-state index contributed by atoms with van der Waals surface area (Å²) < 4.78 is 17.5. The molecule has 7 heteroatoms. The van der Waals surface area contributed by atoms with E-state index >= 15 is 0 Å². The van der Waals surface area contributed by atoms with Crippen LogP contribution in [0.15, 0.2) is 0 Å². The van der Waals surface area contributed by atoms with Crippen molar-refractivity contribution >= 4 is 25.9 Å². The van der Waals surface area contributed by atoms with E-state index < -0.39 is 37.7 Å². The summed E-state index contributed by atoms with van der Waals surface area (Å²) in [5, 5.41) is 8.04. The highest BCUT2D eigenvalue weighted by Crippen LogP contribution is 2.39. The molecular weight excluding hydrogens is 312 g/mol. The summed E-state index contributed by atoms with van der Waals surface area (Å²) in [6, 6.07) is 0. The maximum Gasteiger partial charge on any atom is 0.324 e. The van der Waals surface area contributed by atoms with Crippen LogP contribution in [0.5, 0.6) is 0 Å². The molecule has 1 N–H and O–H groups in total. The van der Waals surface area contributed by atoms with E-state index in [9.17, 15) is 9.90 Å². The van der Waals surface area contributed by atoms with Gasteiger partial charge in [0.1, 0.15) is 12.2 Å². The minimum absolute atomic E-state index is 0.0463. The summed E-state index contributed by atoms with van der Waals surface area (Å²) in [5.41, 5.74) is 0. The molecule has 1 heterocycles. The van der Waals surface area contributed by atoms with Crippen LogP contribution in [-0.2, 0) is 18.7 Å². The molecule has 0 aromatic carbocycles. The predicted molar refractivity (Wildman–Crippen MR) is 84.3 cm³/mol. The fraction of sp³-hybridized carbons (Fsp3) is 0.929. The lowest BCUT2D eigenvalue weighted by Gasteiger charge is -2.41. The van der Waals surface area contributed by atoms with E-state index in [0.717, 1.165) is 0 Å². The molecule has 0 aromatic rings. The average molecular weight is 339 g/mol. The highest BCUT2D eigenvalue weighted by molar-refractivity contribution is 6.74. The number of ether oxygens (including phenoxy) is 2. The Morgan fingerprint density at radius 2 is 1.95 bits per heavy atom. The first-order chi connectivity index (χ1) is 9.27. The lowest BCUT2D eigenvalue weighted by Crippen LogP contribution is -2.52. The minimum atomic E-state index is -2.17. The molecule has 3 atom stereocenters. The van der Waals surface area contributed by atoms with Gasteiger partial charge in [0.15, 0.2) is 19.5 Å². The Hall–Kier alpha value is -0.143. The standard InChI is InChI=1S/C14H27ClO5Si/c1-13(2,3)21(6,7)20-11(10(15)12(16)17)9-8-18-14(4,5)19-9/h9-11H,8H2,1-7H3,(H,16,17)/t9-,10+,11-/m1/s1. The number of halogens is 1. The van der Waals surface area contributed by atoms with Crippen molar-refractivity contribution in [2.75, 3.05) is 6.61 Å². The fourth-order valence-corrected chi connectivity index (χ4v) is 3.48. The second-order valence-electron chi connectivity index (χ2n) is 7.45. The van der Waals surface area contributed by atoms with Gasteiger partial charge in [-0.05, 0) is 32.0 Å². The minimum Gasteiger partial charge on any atom is -0.480 e. The lowest BCUT2D eigenvalue weighted by molar-refractivity contribution is -0.155. The molecular formula is C14H27ClO5Si. The Kier molecular flexibility index (Phi) is 5.55. The zero-order valence-electron chi connectivity index (χ0n) is 13.9. The molecule has 0 bridgehead atoms. The summed E-state index contributed by atoms with van der Waals surface area (Å²) in [4.78, 5) is 11.3. The van der Waals surface area contributed by atoms with Crippen LogP contribution in [0.1, 0.15) is 34.6 Å². The lowest BCUT2D eigenvalue weighted by atomic mass is 10.1. The fourth-order valence-electron chi connectivity index (χ4n) is 1.86. The summed E-state index contributed by atoms with van der Waals surface area (Å²) in [7, 11) is -2.17. The van der Waals surface area contributed by atoms with Crippen LogP contribution in [0.4, 0.5) is 0 Å². The molecule has 0 spiro atoms. The SMILES string of the molecule is CC1(C)OC[C@H]([C@@H](O[Si](C)(C)C(C)(C)C)[C@H](Cl)C(=O)O)O1. The zero-order valence-corrected chi connectivity index (χ0v) is 15.7. The largest absolute Gasteiger partial charge is 0.480 e. The molecule has 1 aliphatic rings. The molecule has 1 aliphatic heterocycles. The van der Waals surface area contributed by atoms with E-state index in [0.29, 0.717) is 0 Å². The van der Waals surface area contributed by atoms with Crippen molar-refractivity contribution in [1.82, 2.24) is 0 Å². The summed E-state index contributed by atoms with van der Waals surface area (Å²) in [6.45, 7) is 14.3. The van der Waals surface area contributed by atoms with Crippen molar-refractivity contribution in [2.45, 2.75) is 76.1 Å². The normalized spacial score (nSPS) is 25.6. The molecule has 1 fully saturated rings. The van der Waals surface area contributed by atoms with Gasteiger partial charge in [0.2, 0.25) is 0 Å². The Labute approximate surface area is 133 Å². The van der Waals surface area contributed by atoms with Crippen LogP contribution in [0.25, 0.3) is 0 Å². The van der Waals surface area contributed by atoms with Crippen molar-refractivity contribution in [3.8, 4) is 0 Å². The maximum absolute atomic E-state index is 11.3. The van der Waals surface area contributed by atoms with Crippen LogP contribution in [0.2, 0.25) is 18.1 Å². The molecule has 0 aromatic heterocycles. The third-order valence-electron chi connectivity index (χ3n) is 4.16. The zero-order chi connectivity index (χ0) is 16.6. The first-order valence-corrected chi connectivity index (χ1v) is 10.5. The Bertz CT molecular complexity index is 391. The summed E-state index contributed by atoms with van der Waals surface area (Å²) in [6.07, 6.45) is -1.21. The Morgan fingerprint density at radius 3 is 2.29 bits per heavy atom. The van der Waals surface area contributed by atoms with Gasteiger partial charge in [0.25, 0.3) is 0 Å². The van der Waals surface area contributed by atoms with E-state index in [4.69, 9.17) is 25.5 Å². The van der Waals surface area contributed by atoms with Crippen LogP contribution in [-0.4, -0.2) is 49.4 Å². The Balaban J connectivity index is 2.97. The second-order valence-corrected chi connectivity index (χ2v) is 12.7. The number of hydrogen-bond donors (Lipinski definition) is 1. The average Bonchev–Trinajstić information content (AvgIpc) is 2.63. The van der Waals surface area contributed by atoms with Crippen molar-refractivity contribution < 1.29 is 23.8 Å². The third-order valence-corrected chi connectivity index (χ3v) is 9.07. The van der Waals surface area contributed by atoms with Gasteiger partial charge < -0.3 is 19.0 Å².